The first-order chi connectivity index (χ1) is 16.8. The van der Waals surface area contributed by atoms with E-state index in [1.54, 1.807) is 6.08 Å². The molecule has 0 fully saturated rings. The van der Waals surface area contributed by atoms with Crippen LogP contribution in [0.2, 0.25) is 0 Å². The van der Waals surface area contributed by atoms with Crippen LogP contribution in [0.5, 0.6) is 0 Å². The van der Waals surface area contributed by atoms with Gasteiger partial charge in [0.2, 0.25) is 0 Å². The standard InChI is InChI=1S/C28H23N3O3S/c1-19-7-5-8-20(2)27(19)31-35(33,34)25-15-13-24(14-16-25)30-28(32)23(18-29)17-22-11-6-10-21-9-3-4-12-26(21)22/h3-17,31H,1-2H3,(H,30,32). The summed E-state index contributed by atoms with van der Waals surface area (Å²) in [6.07, 6.45) is 1.55. The molecule has 6 nitrogen and oxygen atoms in total. The van der Waals surface area contributed by atoms with Crippen molar-refractivity contribution in [2.75, 3.05) is 10.0 Å². The van der Waals surface area contributed by atoms with Crippen LogP contribution < -0.4 is 10.0 Å². The lowest BCUT2D eigenvalue weighted by Gasteiger charge is -2.13. The number of benzene rings is 4. The molecule has 174 valence electrons. The average molecular weight is 482 g/mol. The molecule has 0 saturated carbocycles. The van der Waals surface area contributed by atoms with Gasteiger partial charge in [0.15, 0.2) is 0 Å². The van der Waals surface area contributed by atoms with Crippen molar-refractivity contribution in [3.8, 4) is 6.07 Å². The molecular weight excluding hydrogens is 458 g/mol. The number of amides is 1. The quantitative estimate of drug-likeness (QED) is 0.268. The fourth-order valence-electron chi connectivity index (χ4n) is 3.77. The molecule has 0 aliphatic carbocycles. The molecule has 0 spiro atoms. The highest BCUT2D eigenvalue weighted by Gasteiger charge is 2.17. The minimum absolute atomic E-state index is 0.0601. The second kappa shape index (κ2) is 9.84. The van der Waals surface area contributed by atoms with Gasteiger partial charge in [-0.25, -0.2) is 8.42 Å². The van der Waals surface area contributed by atoms with Crippen LogP contribution in [-0.4, -0.2) is 14.3 Å². The van der Waals surface area contributed by atoms with E-state index in [4.69, 9.17) is 0 Å². The number of nitrogens with one attached hydrogen (secondary N) is 2. The van der Waals surface area contributed by atoms with Crippen molar-refractivity contribution in [1.82, 2.24) is 0 Å². The molecule has 0 atom stereocenters. The highest BCUT2D eigenvalue weighted by Crippen LogP contribution is 2.25. The fraction of sp³-hybridized carbons (Fsp3) is 0.0714. The monoisotopic (exact) mass is 481 g/mol. The van der Waals surface area contributed by atoms with E-state index in [0.29, 0.717) is 11.4 Å². The number of fused-ring (bicyclic) bond motifs is 1. The van der Waals surface area contributed by atoms with Crippen molar-refractivity contribution in [2.45, 2.75) is 18.7 Å². The lowest BCUT2D eigenvalue weighted by atomic mass is 10.0. The maximum absolute atomic E-state index is 12.9. The van der Waals surface area contributed by atoms with Crippen LogP contribution in [0.15, 0.2) is 95.4 Å². The normalized spacial score (nSPS) is 11.6. The molecule has 0 aliphatic rings. The van der Waals surface area contributed by atoms with Crippen LogP contribution in [-0.2, 0) is 14.8 Å². The second-order valence-corrected chi connectivity index (χ2v) is 9.77. The molecule has 1 amide bonds. The predicted molar refractivity (Wildman–Crippen MR) is 139 cm³/mol. The zero-order valence-electron chi connectivity index (χ0n) is 19.2. The summed E-state index contributed by atoms with van der Waals surface area (Å²) < 4.78 is 28.3. The van der Waals surface area contributed by atoms with Gasteiger partial charge in [0, 0.05) is 5.69 Å². The van der Waals surface area contributed by atoms with E-state index in [2.05, 4.69) is 10.0 Å². The first-order valence-corrected chi connectivity index (χ1v) is 12.4. The Morgan fingerprint density at radius 1 is 0.857 bits per heavy atom. The first-order valence-electron chi connectivity index (χ1n) is 10.9. The number of carbonyl (C=O) groups is 1. The zero-order chi connectivity index (χ0) is 25.0. The van der Waals surface area contributed by atoms with Gasteiger partial charge in [0.1, 0.15) is 11.6 Å². The van der Waals surface area contributed by atoms with Crippen LogP contribution in [0, 0.1) is 25.2 Å². The van der Waals surface area contributed by atoms with E-state index in [1.807, 2.05) is 80.6 Å². The third-order valence-corrected chi connectivity index (χ3v) is 6.99. The van der Waals surface area contributed by atoms with Gasteiger partial charge in [-0.2, -0.15) is 5.26 Å². The minimum Gasteiger partial charge on any atom is -0.321 e. The van der Waals surface area contributed by atoms with Crippen LogP contribution in [0.1, 0.15) is 16.7 Å². The molecule has 4 rings (SSSR count). The summed E-state index contributed by atoms with van der Waals surface area (Å²) in [6, 6.07) is 26.7. The molecule has 0 aromatic heterocycles. The molecule has 4 aromatic rings. The Balaban J connectivity index is 1.53. The van der Waals surface area contributed by atoms with Gasteiger partial charge in [-0.3, -0.25) is 9.52 Å². The zero-order valence-corrected chi connectivity index (χ0v) is 20.1. The summed E-state index contributed by atoms with van der Waals surface area (Å²) in [5.74, 6) is -0.579. The number of para-hydroxylation sites is 1. The lowest BCUT2D eigenvalue weighted by molar-refractivity contribution is -0.112. The summed E-state index contributed by atoms with van der Waals surface area (Å²) in [7, 11) is -3.81. The SMILES string of the molecule is Cc1cccc(C)c1NS(=O)(=O)c1ccc(NC(=O)C(C#N)=Cc2cccc3ccccc23)cc1. The van der Waals surface area contributed by atoms with Gasteiger partial charge in [-0.15, -0.1) is 0 Å². The van der Waals surface area contributed by atoms with E-state index >= 15 is 0 Å². The number of hydrogen-bond donors (Lipinski definition) is 2. The number of hydrogen-bond acceptors (Lipinski definition) is 4. The predicted octanol–water partition coefficient (Wildman–Crippen LogP) is 5.80. The smallest absolute Gasteiger partial charge is 0.266 e. The molecule has 7 heteroatoms. The van der Waals surface area contributed by atoms with Crippen LogP contribution >= 0.6 is 0 Å². The Kier molecular flexibility index (Phi) is 6.67. The third kappa shape index (κ3) is 5.24. The number of carbonyl (C=O) groups excluding carboxylic acids is 1. The van der Waals surface area contributed by atoms with Gasteiger partial charge >= 0.3 is 0 Å². The molecule has 0 aliphatic heterocycles. The topological polar surface area (TPSA) is 99.1 Å². The highest BCUT2D eigenvalue weighted by molar-refractivity contribution is 7.92. The van der Waals surface area contributed by atoms with E-state index in [-0.39, 0.29) is 10.5 Å². The molecule has 0 saturated heterocycles. The maximum Gasteiger partial charge on any atom is 0.266 e. The van der Waals surface area contributed by atoms with E-state index in [1.165, 1.54) is 24.3 Å². The molecule has 0 radical (unpaired) electrons. The second-order valence-electron chi connectivity index (χ2n) is 8.09. The number of nitrogens with zero attached hydrogens (tertiary/aromatic N) is 1. The molecule has 0 bridgehead atoms. The van der Waals surface area contributed by atoms with Crippen LogP contribution in [0.25, 0.3) is 16.8 Å². The Labute approximate surface area is 204 Å². The number of anilines is 2. The third-order valence-electron chi connectivity index (χ3n) is 5.63. The maximum atomic E-state index is 12.9. The molecule has 0 heterocycles. The van der Waals surface area contributed by atoms with E-state index < -0.39 is 15.9 Å². The molecule has 35 heavy (non-hydrogen) atoms. The number of sulfonamides is 1. The summed E-state index contributed by atoms with van der Waals surface area (Å²) in [5, 5.41) is 14.2. The van der Waals surface area contributed by atoms with Gasteiger partial charge < -0.3 is 5.32 Å². The van der Waals surface area contributed by atoms with Gasteiger partial charge in [-0.1, -0.05) is 60.7 Å². The summed E-state index contributed by atoms with van der Waals surface area (Å²) in [5.41, 5.74) is 3.25. The highest BCUT2D eigenvalue weighted by atomic mass is 32.2. The fourth-order valence-corrected chi connectivity index (χ4v) is 4.97. The number of rotatable bonds is 6. The van der Waals surface area contributed by atoms with Crippen molar-refractivity contribution < 1.29 is 13.2 Å². The summed E-state index contributed by atoms with van der Waals surface area (Å²) >= 11 is 0. The Hall–Kier alpha value is -4.41. The van der Waals surface area contributed by atoms with Crippen molar-refractivity contribution in [1.29, 1.82) is 5.26 Å². The summed E-state index contributed by atoms with van der Waals surface area (Å²) in [6.45, 7) is 3.67. The molecule has 4 aromatic carbocycles. The van der Waals surface area contributed by atoms with E-state index in [9.17, 15) is 18.5 Å². The van der Waals surface area contributed by atoms with Gasteiger partial charge in [0.05, 0.1) is 10.6 Å². The Morgan fingerprint density at radius 2 is 1.49 bits per heavy atom. The lowest BCUT2D eigenvalue weighted by Crippen LogP contribution is -2.16. The molecule has 2 N–H and O–H groups in total. The van der Waals surface area contributed by atoms with Crippen molar-refractivity contribution in [2.24, 2.45) is 0 Å². The molecule has 0 unspecified atom stereocenters. The van der Waals surface area contributed by atoms with Crippen molar-refractivity contribution in [3.63, 3.8) is 0 Å². The van der Waals surface area contributed by atoms with Gasteiger partial charge in [-0.05, 0) is 71.7 Å². The number of nitriles is 1. The Morgan fingerprint density at radius 3 is 2.17 bits per heavy atom. The van der Waals surface area contributed by atoms with Crippen molar-refractivity contribution in [3.05, 3.63) is 107 Å². The largest absolute Gasteiger partial charge is 0.321 e. The number of aryl methyl sites for hydroxylation is 2. The van der Waals surface area contributed by atoms with Gasteiger partial charge in [0.25, 0.3) is 15.9 Å². The van der Waals surface area contributed by atoms with Crippen molar-refractivity contribution >= 4 is 44.2 Å². The average Bonchev–Trinajstić information content (AvgIpc) is 2.85. The minimum atomic E-state index is -3.81. The van der Waals surface area contributed by atoms with E-state index in [0.717, 1.165) is 27.5 Å². The summed E-state index contributed by atoms with van der Waals surface area (Å²) in [4.78, 5) is 12.8. The Bertz CT molecular complexity index is 1570. The first kappa shape index (κ1) is 23.7. The van der Waals surface area contributed by atoms with Crippen LogP contribution in [0.4, 0.5) is 11.4 Å². The van der Waals surface area contributed by atoms with Crippen LogP contribution in [0.3, 0.4) is 0 Å². The molecular formula is C28H23N3O3S.